The normalized spacial score (nSPS) is 12.9. The van der Waals surface area contributed by atoms with Crippen LogP contribution in [0, 0.1) is 0 Å². The van der Waals surface area contributed by atoms with Crippen LogP contribution in [0.3, 0.4) is 0 Å². The Bertz CT molecular complexity index is 1450. The van der Waals surface area contributed by atoms with Crippen LogP contribution < -0.4 is 20.0 Å². The summed E-state index contributed by atoms with van der Waals surface area (Å²) in [4.78, 5) is 4.26. The molecule has 0 spiro atoms. The third kappa shape index (κ3) is 5.05. The second-order valence-electron chi connectivity index (χ2n) is 6.73. The van der Waals surface area contributed by atoms with Gasteiger partial charge in [-0.3, -0.25) is 9.71 Å². The molecule has 1 aromatic heterocycles. The molecule has 4 rings (SSSR count). The van der Waals surface area contributed by atoms with Crippen LogP contribution in [0.4, 0.5) is 5.69 Å². The number of aromatic nitrogens is 1. The number of nitrogens with zero attached hydrogens (tertiary/aromatic N) is 1. The van der Waals surface area contributed by atoms with E-state index < -0.39 is 10.0 Å². The van der Waals surface area contributed by atoms with Gasteiger partial charge in [-0.25, -0.2) is 8.42 Å². The Kier molecular flexibility index (Phi) is 6.70. The summed E-state index contributed by atoms with van der Waals surface area (Å²) in [5.74, 6) is 0.624. The first kappa shape index (κ1) is 23.0. The Hall–Kier alpha value is -2.22. The number of hydrogen-bond acceptors (Lipinski definition) is 4. The summed E-state index contributed by atoms with van der Waals surface area (Å²) in [7, 11) is -4.00. The van der Waals surface area contributed by atoms with Crippen LogP contribution in [0.1, 0.15) is 6.42 Å². The van der Waals surface area contributed by atoms with Gasteiger partial charge in [0.15, 0.2) is 5.75 Å². The lowest BCUT2D eigenvalue weighted by Crippen LogP contribution is -2.27. The van der Waals surface area contributed by atoms with Crippen LogP contribution in [0.25, 0.3) is 12.2 Å². The highest BCUT2D eigenvalue weighted by Gasteiger charge is 2.20. The molecule has 10 heteroatoms. The largest absolute Gasteiger partial charge is 0.453 e. The highest BCUT2D eigenvalue weighted by atomic mass is 35.5. The topological polar surface area (TPSA) is 68.3 Å². The molecule has 1 aliphatic rings. The van der Waals surface area contributed by atoms with Crippen molar-refractivity contribution in [3.8, 4) is 11.5 Å². The van der Waals surface area contributed by atoms with Crippen molar-refractivity contribution < 1.29 is 13.2 Å². The predicted octanol–water partition coefficient (Wildman–Crippen LogP) is 5.81. The number of hydrogen-bond donors (Lipinski definition) is 1. The highest BCUT2D eigenvalue weighted by Crippen LogP contribution is 2.39. The molecule has 1 aliphatic carbocycles. The van der Waals surface area contributed by atoms with Crippen molar-refractivity contribution in [1.82, 2.24) is 4.98 Å². The molecule has 0 saturated heterocycles. The molecule has 32 heavy (non-hydrogen) atoms. The zero-order valence-electron chi connectivity index (χ0n) is 16.2. The lowest BCUT2D eigenvalue weighted by molar-refractivity contribution is 0.480. The number of benzene rings is 2. The van der Waals surface area contributed by atoms with Crippen molar-refractivity contribution in [2.24, 2.45) is 0 Å². The van der Waals surface area contributed by atoms with Crippen LogP contribution in [0.15, 0.2) is 59.6 Å². The van der Waals surface area contributed by atoms with Crippen LogP contribution >= 0.6 is 46.4 Å². The number of halogens is 4. The number of anilines is 1. The fraction of sp³-hybridized carbons (Fsp3) is 0.0455. The summed E-state index contributed by atoms with van der Waals surface area (Å²) in [5.41, 5.74) is 0.146. The van der Waals surface area contributed by atoms with Crippen molar-refractivity contribution in [3.05, 3.63) is 85.4 Å². The molecular formula is C22H14Cl4N2O3S. The van der Waals surface area contributed by atoms with Crippen LogP contribution in [-0.2, 0) is 10.0 Å². The Labute approximate surface area is 204 Å². The number of ether oxygens (including phenoxy) is 1. The van der Waals surface area contributed by atoms with Crippen molar-refractivity contribution >= 4 is 74.3 Å². The number of sulfonamides is 1. The third-order valence-corrected chi connectivity index (χ3v) is 7.10. The Morgan fingerprint density at radius 3 is 2.44 bits per heavy atom. The molecule has 0 unspecified atom stereocenters. The van der Waals surface area contributed by atoms with E-state index in [0.717, 1.165) is 17.0 Å². The molecule has 5 nitrogen and oxygen atoms in total. The first-order valence-electron chi connectivity index (χ1n) is 9.21. The lowest BCUT2D eigenvalue weighted by atomic mass is 10.3. The van der Waals surface area contributed by atoms with Gasteiger partial charge in [0.2, 0.25) is 0 Å². The van der Waals surface area contributed by atoms with Gasteiger partial charge in [0.05, 0.1) is 32.3 Å². The van der Waals surface area contributed by atoms with E-state index in [1.165, 1.54) is 30.3 Å². The first-order chi connectivity index (χ1) is 15.2. The van der Waals surface area contributed by atoms with Crippen molar-refractivity contribution in [3.63, 3.8) is 0 Å². The van der Waals surface area contributed by atoms with Gasteiger partial charge in [-0.1, -0.05) is 64.6 Å². The summed E-state index contributed by atoms with van der Waals surface area (Å²) in [6.07, 6.45) is 10.2. The molecule has 1 N–H and O–H groups in total. The Balaban J connectivity index is 1.62. The zero-order valence-corrected chi connectivity index (χ0v) is 20.0. The quantitative estimate of drug-likeness (QED) is 0.454. The number of fused-ring (bicyclic) bond motifs is 1. The van der Waals surface area contributed by atoms with E-state index in [4.69, 9.17) is 51.1 Å². The average Bonchev–Trinajstić information content (AvgIpc) is 2.95. The summed E-state index contributed by atoms with van der Waals surface area (Å²) >= 11 is 24.6. The monoisotopic (exact) mass is 526 g/mol. The van der Waals surface area contributed by atoms with E-state index in [1.807, 2.05) is 30.4 Å². The number of rotatable bonds is 5. The van der Waals surface area contributed by atoms with Gasteiger partial charge >= 0.3 is 0 Å². The predicted molar refractivity (Wildman–Crippen MR) is 130 cm³/mol. The summed E-state index contributed by atoms with van der Waals surface area (Å²) in [6, 6.07) is 8.70. The molecule has 0 aliphatic heterocycles. The zero-order chi connectivity index (χ0) is 22.9. The smallest absolute Gasteiger partial charge is 0.263 e. The third-order valence-electron chi connectivity index (χ3n) is 4.44. The minimum atomic E-state index is -4.00. The fourth-order valence-electron chi connectivity index (χ4n) is 3.00. The molecular weight excluding hydrogens is 514 g/mol. The van der Waals surface area contributed by atoms with Crippen LogP contribution in [0.2, 0.25) is 20.1 Å². The molecule has 0 radical (unpaired) electrons. The van der Waals surface area contributed by atoms with Crippen LogP contribution in [-0.4, -0.2) is 13.4 Å². The number of allylic oxidation sites excluding steroid dienone is 2. The highest BCUT2D eigenvalue weighted by molar-refractivity contribution is 7.92. The Morgan fingerprint density at radius 1 is 0.969 bits per heavy atom. The SMILES string of the molecule is O=S(=O)(Nc1cc(Cl)c(Oc2cnc3c(c2)=CCC=CC=3)c(Cl)c1)c1ccc(Cl)cc1Cl. The first-order valence-corrected chi connectivity index (χ1v) is 12.2. The van der Waals surface area contributed by atoms with Gasteiger partial charge in [0.1, 0.15) is 10.6 Å². The maximum absolute atomic E-state index is 12.7. The van der Waals surface area contributed by atoms with Crippen molar-refractivity contribution in [1.29, 1.82) is 0 Å². The van der Waals surface area contributed by atoms with Gasteiger partial charge in [0.25, 0.3) is 10.0 Å². The van der Waals surface area contributed by atoms with E-state index >= 15 is 0 Å². The van der Waals surface area contributed by atoms with E-state index in [-0.39, 0.29) is 31.4 Å². The molecule has 0 amide bonds. The molecule has 0 atom stereocenters. The maximum Gasteiger partial charge on any atom is 0.263 e. The molecule has 0 bridgehead atoms. The number of pyridine rings is 1. The van der Waals surface area contributed by atoms with E-state index in [9.17, 15) is 8.42 Å². The molecule has 3 aromatic rings. The van der Waals surface area contributed by atoms with Gasteiger partial charge in [0, 0.05) is 10.2 Å². The minimum absolute atomic E-state index is 0.0119. The van der Waals surface area contributed by atoms with E-state index in [1.54, 1.807) is 6.20 Å². The summed E-state index contributed by atoms with van der Waals surface area (Å²) in [5, 5.41) is 2.29. The molecule has 1 heterocycles. The van der Waals surface area contributed by atoms with Crippen molar-refractivity contribution in [2.45, 2.75) is 11.3 Å². The second-order valence-corrected chi connectivity index (χ2v) is 10.0. The van der Waals surface area contributed by atoms with Gasteiger partial charge in [-0.05, 0) is 48.9 Å². The van der Waals surface area contributed by atoms with Crippen LogP contribution in [0.5, 0.6) is 11.5 Å². The summed E-state index contributed by atoms with van der Waals surface area (Å²) < 4.78 is 33.7. The van der Waals surface area contributed by atoms with Gasteiger partial charge in [-0.2, -0.15) is 0 Å². The minimum Gasteiger partial charge on any atom is -0.453 e. The summed E-state index contributed by atoms with van der Waals surface area (Å²) in [6.45, 7) is 0. The van der Waals surface area contributed by atoms with E-state index in [2.05, 4.69) is 9.71 Å². The second kappa shape index (κ2) is 9.33. The van der Waals surface area contributed by atoms with Gasteiger partial charge < -0.3 is 4.74 Å². The Morgan fingerprint density at radius 2 is 1.72 bits per heavy atom. The molecule has 0 fully saturated rings. The van der Waals surface area contributed by atoms with Crippen molar-refractivity contribution in [2.75, 3.05) is 4.72 Å². The maximum atomic E-state index is 12.7. The molecule has 0 saturated carbocycles. The lowest BCUT2D eigenvalue weighted by Gasteiger charge is -2.14. The van der Waals surface area contributed by atoms with Gasteiger partial charge in [-0.15, -0.1) is 0 Å². The number of nitrogens with one attached hydrogen (secondary N) is 1. The molecule has 2 aromatic carbocycles. The van der Waals surface area contributed by atoms with E-state index in [0.29, 0.717) is 10.8 Å². The fourth-order valence-corrected chi connectivity index (χ4v) is 5.38. The standard InChI is InChI=1S/C22H14Cl4N2O3S/c23-14-6-7-21(17(24)9-14)32(29,30)28-15-10-18(25)22(19(26)11-15)31-16-8-13-4-2-1-3-5-20(13)27-12-16/h1,3-12,28H,2H2. The molecule has 164 valence electrons. The average molecular weight is 528 g/mol.